The van der Waals surface area contributed by atoms with Gasteiger partial charge in [-0.05, 0) is 72.4 Å². The fourth-order valence-electron chi connectivity index (χ4n) is 5.87. The summed E-state index contributed by atoms with van der Waals surface area (Å²) in [6.45, 7) is 6.67. The molecular weight excluding hydrogens is 499 g/mol. The molecule has 0 fully saturated rings. The smallest absolute Gasteiger partial charge is 0.0620 e. The van der Waals surface area contributed by atoms with Crippen LogP contribution < -0.4 is 15.9 Å². The summed E-state index contributed by atoms with van der Waals surface area (Å²) in [5, 5.41) is 4.26. The SMILES string of the molecule is Cc1ccccc1-c1ccccc1[PH+](c1ccccc1-c1ccccc1C)c1ccccc1-c1ccccc1C. The van der Waals surface area contributed by atoms with Gasteiger partial charge in [0.15, 0.2) is 0 Å². The second-order valence-corrected chi connectivity index (χ2v) is 12.8. The topological polar surface area (TPSA) is 0 Å². The van der Waals surface area contributed by atoms with Crippen LogP contribution in [-0.4, -0.2) is 0 Å². The Labute approximate surface area is 239 Å². The van der Waals surface area contributed by atoms with E-state index in [0.717, 1.165) is 0 Å². The van der Waals surface area contributed by atoms with Crippen LogP contribution in [0.1, 0.15) is 16.7 Å². The molecule has 194 valence electrons. The van der Waals surface area contributed by atoms with Crippen LogP contribution in [0.3, 0.4) is 0 Å². The molecule has 0 aliphatic rings. The molecule has 0 nitrogen and oxygen atoms in total. The highest BCUT2D eigenvalue weighted by molar-refractivity contribution is 7.80. The van der Waals surface area contributed by atoms with Crippen LogP contribution in [0.25, 0.3) is 33.4 Å². The zero-order valence-electron chi connectivity index (χ0n) is 23.4. The molecule has 0 spiro atoms. The maximum absolute atomic E-state index is 2.37. The van der Waals surface area contributed by atoms with E-state index in [1.165, 1.54) is 66.0 Å². The summed E-state index contributed by atoms with van der Waals surface area (Å²) in [6, 6.07) is 53.6. The maximum atomic E-state index is 2.37. The minimum Gasteiger partial charge on any atom is -0.0620 e. The standard InChI is InChI=1S/C39H33P/c1-28-16-4-7-19-31(28)34-22-10-13-25-37(34)40(38-26-14-11-23-35(38)32-20-8-5-17-29(32)2)39-27-15-12-24-36(39)33-21-9-6-18-30(33)3/h4-27H,1-3H3/p+1. The van der Waals surface area contributed by atoms with Crippen molar-refractivity contribution in [1.29, 1.82) is 0 Å². The average Bonchev–Trinajstić information content (AvgIpc) is 2.99. The molecule has 0 atom stereocenters. The van der Waals surface area contributed by atoms with Crippen LogP contribution in [0, 0.1) is 20.8 Å². The number of hydrogen-bond donors (Lipinski definition) is 0. The van der Waals surface area contributed by atoms with Gasteiger partial charge < -0.3 is 0 Å². The first-order valence-electron chi connectivity index (χ1n) is 14.0. The Kier molecular flexibility index (Phi) is 7.45. The summed E-state index contributed by atoms with van der Waals surface area (Å²) in [4.78, 5) is 0. The van der Waals surface area contributed by atoms with Crippen LogP contribution in [0.5, 0.6) is 0 Å². The van der Waals surface area contributed by atoms with Crippen molar-refractivity contribution in [1.82, 2.24) is 0 Å². The molecule has 6 aromatic carbocycles. The van der Waals surface area contributed by atoms with Gasteiger partial charge in [0.25, 0.3) is 0 Å². The van der Waals surface area contributed by atoms with E-state index in [4.69, 9.17) is 0 Å². The summed E-state index contributed by atoms with van der Waals surface area (Å²) < 4.78 is 0. The summed E-state index contributed by atoms with van der Waals surface area (Å²) >= 11 is 0. The molecule has 0 heterocycles. The molecule has 0 aromatic heterocycles. The fourth-order valence-corrected chi connectivity index (χ4v) is 8.99. The number of rotatable bonds is 6. The zero-order valence-corrected chi connectivity index (χ0v) is 24.4. The number of aryl methyl sites for hydroxylation is 3. The van der Waals surface area contributed by atoms with Gasteiger partial charge in [-0.25, -0.2) is 0 Å². The molecule has 0 aliphatic carbocycles. The first-order chi connectivity index (χ1) is 19.6. The molecule has 0 aliphatic heterocycles. The minimum absolute atomic E-state index is 1.30. The first-order valence-corrected chi connectivity index (χ1v) is 15.5. The average molecular weight is 534 g/mol. The van der Waals surface area contributed by atoms with Crippen molar-refractivity contribution >= 4 is 23.8 Å². The molecule has 0 N–H and O–H groups in total. The molecule has 6 rings (SSSR count). The normalized spacial score (nSPS) is 11.1. The van der Waals surface area contributed by atoms with E-state index in [1.807, 2.05) is 0 Å². The summed E-state index contributed by atoms with van der Waals surface area (Å²) in [6.07, 6.45) is 0. The van der Waals surface area contributed by atoms with E-state index in [9.17, 15) is 0 Å². The lowest BCUT2D eigenvalue weighted by Crippen LogP contribution is -2.25. The van der Waals surface area contributed by atoms with Gasteiger partial charge in [-0.15, -0.1) is 0 Å². The largest absolute Gasteiger partial charge is 0.110 e. The second kappa shape index (κ2) is 11.5. The third kappa shape index (κ3) is 4.92. The van der Waals surface area contributed by atoms with Crippen molar-refractivity contribution in [3.8, 4) is 33.4 Å². The van der Waals surface area contributed by atoms with Gasteiger partial charge in [0.1, 0.15) is 23.8 Å². The van der Waals surface area contributed by atoms with Crippen molar-refractivity contribution in [3.63, 3.8) is 0 Å². The fraction of sp³-hybridized carbons (Fsp3) is 0.0769. The third-order valence-electron chi connectivity index (χ3n) is 7.89. The molecule has 0 amide bonds. The van der Waals surface area contributed by atoms with Gasteiger partial charge in [0, 0.05) is 16.7 Å². The monoisotopic (exact) mass is 533 g/mol. The highest BCUT2D eigenvalue weighted by Crippen LogP contribution is 2.43. The van der Waals surface area contributed by atoms with Crippen molar-refractivity contribution in [2.75, 3.05) is 0 Å². The van der Waals surface area contributed by atoms with Crippen LogP contribution in [0.2, 0.25) is 0 Å². The molecule has 6 aromatic rings. The molecule has 0 saturated carbocycles. The second-order valence-electron chi connectivity index (χ2n) is 10.5. The van der Waals surface area contributed by atoms with Crippen molar-refractivity contribution < 1.29 is 0 Å². The Balaban J connectivity index is 1.70. The maximum Gasteiger partial charge on any atom is 0.110 e. The first kappa shape index (κ1) is 26.0. The Hall–Kier alpha value is -4.25. The van der Waals surface area contributed by atoms with Crippen LogP contribution in [0.4, 0.5) is 0 Å². The predicted molar refractivity (Wildman–Crippen MR) is 177 cm³/mol. The van der Waals surface area contributed by atoms with Crippen LogP contribution >= 0.6 is 7.92 Å². The van der Waals surface area contributed by atoms with Crippen LogP contribution in [-0.2, 0) is 0 Å². The van der Waals surface area contributed by atoms with E-state index >= 15 is 0 Å². The molecular formula is C39H34P+. The number of benzene rings is 6. The van der Waals surface area contributed by atoms with Crippen molar-refractivity contribution in [3.05, 3.63) is 162 Å². The van der Waals surface area contributed by atoms with Gasteiger partial charge in [-0.2, -0.15) is 0 Å². The Morgan fingerprint density at radius 2 is 0.500 bits per heavy atom. The van der Waals surface area contributed by atoms with Crippen molar-refractivity contribution in [2.24, 2.45) is 0 Å². The quantitative estimate of drug-likeness (QED) is 0.187. The zero-order chi connectivity index (χ0) is 27.5. The molecule has 0 saturated heterocycles. The van der Waals surface area contributed by atoms with E-state index in [0.29, 0.717) is 0 Å². The van der Waals surface area contributed by atoms with Gasteiger partial charge in [0.2, 0.25) is 0 Å². The van der Waals surface area contributed by atoms with E-state index in [1.54, 1.807) is 0 Å². The Morgan fingerprint density at radius 1 is 0.275 bits per heavy atom. The highest BCUT2D eigenvalue weighted by Gasteiger charge is 2.34. The molecule has 1 heteroatoms. The van der Waals surface area contributed by atoms with E-state index in [2.05, 4.69) is 166 Å². The Morgan fingerprint density at radius 3 is 0.775 bits per heavy atom. The minimum atomic E-state index is -1.46. The van der Waals surface area contributed by atoms with Gasteiger partial charge in [0.05, 0.1) is 0 Å². The van der Waals surface area contributed by atoms with Crippen LogP contribution in [0.15, 0.2) is 146 Å². The third-order valence-corrected chi connectivity index (χ3v) is 10.8. The van der Waals surface area contributed by atoms with Gasteiger partial charge in [-0.1, -0.05) is 127 Å². The highest BCUT2D eigenvalue weighted by atomic mass is 31.1. The van der Waals surface area contributed by atoms with E-state index in [-0.39, 0.29) is 0 Å². The lowest BCUT2D eigenvalue weighted by molar-refractivity contribution is 1.46. The number of hydrogen-bond acceptors (Lipinski definition) is 0. The lowest BCUT2D eigenvalue weighted by Gasteiger charge is -2.21. The lowest BCUT2D eigenvalue weighted by atomic mass is 10.0. The Bertz CT molecular complexity index is 1580. The predicted octanol–water partition coefficient (Wildman–Crippen LogP) is 9.10. The molecule has 0 radical (unpaired) electrons. The molecule has 0 bridgehead atoms. The van der Waals surface area contributed by atoms with Crippen molar-refractivity contribution in [2.45, 2.75) is 20.8 Å². The summed E-state index contributed by atoms with van der Waals surface area (Å²) in [7, 11) is -1.46. The van der Waals surface area contributed by atoms with Gasteiger partial charge in [-0.3, -0.25) is 0 Å². The molecule has 0 unspecified atom stereocenters. The van der Waals surface area contributed by atoms with Gasteiger partial charge >= 0.3 is 0 Å². The summed E-state index contributed by atoms with van der Waals surface area (Å²) in [5.41, 5.74) is 11.8. The molecule has 40 heavy (non-hydrogen) atoms. The van der Waals surface area contributed by atoms with E-state index < -0.39 is 7.92 Å². The summed E-state index contributed by atoms with van der Waals surface area (Å²) in [5.74, 6) is 0.